The molecule has 3 N–H and O–H groups in total. The van der Waals surface area contributed by atoms with E-state index in [4.69, 9.17) is 31.3 Å². The number of hydrogen-bond donors (Lipinski definition) is 2. The van der Waals surface area contributed by atoms with Gasteiger partial charge in [0.2, 0.25) is 11.6 Å². The Balaban J connectivity index is 1.67. The number of aryl methyl sites for hydroxylation is 1. The number of methoxy groups -OCH3 is 1. The zero-order valence-electron chi connectivity index (χ0n) is 20.2. The molecule has 0 radical (unpaired) electrons. The van der Waals surface area contributed by atoms with Crippen molar-refractivity contribution >= 4 is 23.3 Å². The smallest absolute Gasteiger partial charge is 0.236 e. The van der Waals surface area contributed by atoms with Gasteiger partial charge in [0, 0.05) is 11.3 Å². The summed E-state index contributed by atoms with van der Waals surface area (Å²) in [7, 11) is 1.59. The third-order valence-corrected chi connectivity index (χ3v) is 6.45. The van der Waals surface area contributed by atoms with Crippen LogP contribution in [0, 0.1) is 24.8 Å². The van der Waals surface area contributed by atoms with Gasteiger partial charge in [0.15, 0.2) is 0 Å². The van der Waals surface area contributed by atoms with Crippen LogP contribution in [-0.2, 0) is 5.75 Å². The van der Waals surface area contributed by atoms with E-state index in [1.807, 2.05) is 31.2 Å². The molecule has 2 heterocycles. The summed E-state index contributed by atoms with van der Waals surface area (Å²) in [5.74, 6) is 2.69. The summed E-state index contributed by atoms with van der Waals surface area (Å²) >= 11 is 1.29. The third kappa shape index (κ3) is 5.36. The molecule has 0 unspecified atom stereocenters. The number of aliphatic hydroxyl groups excluding tert-OH is 1. The highest BCUT2D eigenvalue weighted by Crippen LogP contribution is 2.42. The summed E-state index contributed by atoms with van der Waals surface area (Å²) < 4.78 is 16.7. The number of ether oxygens (including phenoxy) is 2. The number of nitriles is 1. The van der Waals surface area contributed by atoms with E-state index in [1.165, 1.54) is 11.8 Å². The minimum atomic E-state index is -0.102. The van der Waals surface area contributed by atoms with Gasteiger partial charge in [-0.1, -0.05) is 36.0 Å². The van der Waals surface area contributed by atoms with Gasteiger partial charge in [-0.3, -0.25) is 0 Å². The van der Waals surface area contributed by atoms with E-state index in [2.05, 4.69) is 20.9 Å². The van der Waals surface area contributed by atoms with Crippen LogP contribution >= 0.6 is 11.8 Å². The molecule has 0 amide bonds. The number of oxazole rings is 1. The molecule has 0 spiro atoms. The quantitative estimate of drug-likeness (QED) is 0.223. The fraction of sp³-hybridized carbons (Fsp3) is 0.185. The van der Waals surface area contributed by atoms with Crippen molar-refractivity contribution in [1.82, 2.24) is 9.97 Å². The van der Waals surface area contributed by atoms with Gasteiger partial charge in [-0.2, -0.15) is 5.26 Å². The predicted octanol–water partition coefficient (Wildman–Crippen LogP) is 5.39. The minimum Gasteiger partial charge on any atom is -0.496 e. The first kappa shape index (κ1) is 25.6. The number of para-hydroxylation sites is 1. The van der Waals surface area contributed by atoms with Crippen LogP contribution in [0.1, 0.15) is 17.0 Å². The number of aliphatic hydroxyl groups is 1. The Hall–Kier alpha value is -4.51. The van der Waals surface area contributed by atoms with Crippen molar-refractivity contribution in [3.8, 4) is 40.1 Å². The highest BCUT2D eigenvalue weighted by atomic mass is 32.2. The maximum atomic E-state index is 10.1. The number of anilines is 1. The first-order valence-electron chi connectivity index (χ1n) is 11.2. The molecule has 0 saturated heterocycles. The predicted molar refractivity (Wildman–Crippen MR) is 140 cm³/mol. The molecule has 0 bridgehead atoms. The molecular weight excluding hydrogens is 490 g/mol. The Kier molecular flexibility index (Phi) is 7.94. The van der Waals surface area contributed by atoms with E-state index < -0.39 is 0 Å². The number of nitrogens with zero attached hydrogens (tertiary/aromatic N) is 4. The molecule has 0 atom stereocenters. The van der Waals surface area contributed by atoms with Crippen LogP contribution < -0.4 is 15.2 Å². The lowest BCUT2D eigenvalue weighted by atomic mass is 10.00. The summed E-state index contributed by atoms with van der Waals surface area (Å²) in [4.78, 5) is 12.6. The highest BCUT2D eigenvalue weighted by molar-refractivity contribution is 7.98. The first-order valence-corrected chi connectivity index (χ1v) is 12.2. The Bertz CT molecular complexity index is 1500. The Morgan fingerprint density at radius 3 is 2.62 bits per heavy atom. The van der Waals surface area contributed by atoms with Crippen LogP contribution in [0.2, 0.25) is 0 Å². The molecule has 4 rings (SSSR count). The zero-order chi connectivity index (χ0) is 26.4. The second kappa shape index (κ2) is 11.5. The van der Waals surface area contributed by atoms with Crippen molar-refractivity contribution in [3.63, 3.8) is 0 Å². The number of aromatic nitrogens is 2. The minimum absolute atomic E-state index is 0.0405. The van der Waals surface area contributed by atoms with Crippen LogP contribution in [0.4, 0.5) is 11.5 Å². The normalized spacial score (nSPS) is 10.5. The van der Waals surface area contributed by atoms with E-state index in [9.17, 15) is 5.26 Å². The SMILES string of the molecule is [C-]#[N+]c1c(N)nc(SCc2nc(-c3ccccc3OC)oc2C)c(C#N)c1-c1ccc(OCCO)cc1. The molecule has 0 aliphatic heterocycles. The van der Waals surface area contributed by atoms with Crippen molar-refractivity contribution in [2.45, 2.75) is 17.7 Å². The van der Waals surface area contributed by atoms with Crippen molar-refractivity contribution in [2.24, 2.45) is 0 Å². The monoisotopic (exact) mass is 513 g/mol. The van der Waals surface area contributed by atoms with E-state index >= 15 is 0 Å². The van der Waals surface area contributed by atoms with Gasteiger partial charge in [0.05, 0.1) is 37.1 Å². The van der Waals surface area contributed by atoms with Crippen molar-refractivity contribution in [1.29, 1.82) is 5.26 Å². The molecule has 186 valence electrons. The van der Waals surface area contributed by atoms with Crippen molar-refractivity contribution in [2.75, 3.05) is 26.1 Å². The van der Waals surface area contributed by atoms with E-state index in [0.717, 1.165) is 5.56 Å². The standard InChI is InChI=1S/C27H23N5O4S/c1-16-21(31-26(36-16)19-6-4-5-7-22(19)34-3)15-37-27-20(14-28)23(24(30-2)25(29)32-27)17-8-10-18(11-9-17)35-13-12-33/h4-11,33H,12-13,15H2,1,3H3,(H2,29,32). The van der Waals surface area contributed by atoms with Gasteiger partial charge in [-0.25, -0.2) is 14.8 Å². The van der Waals surface area contributed by atoms with Gasteiger partial charge < -0.3 is 24.7 Å². The lowest BCUT2D eigenvalue weighted by Gasteiger charge is -2.13. The summed E-state index contributed by atoms with van der Waals surface area (Å²) in [6, 6.07) is 16.6. The van der Waals surface area contributed by atoms with Crippen LogP contribution in [0.5, 0.6) is 11.5 Å². The van der Waals surface area contributed by atoms with E-state index in [1.54, 1.807) is 31.4 Å². The molecule has 2 aromatic heterocycles. The molecule has 0 fully saturated rings. The summed E-state index contributed by atoms with van der Waals surface area (Å²) in [5.41, 5.74) is 8.98. The van der Waals surface area contributed by atoms with Gasteiger partial charge in [-0.15, -0.1) is 0 Å². The topological polar surface area (TPSA) is 132 Å². The number of benzene rings is 2. The van der Waals surface area contributed by atoms with Gasteiger partial charge in [-0.05, 0) is 36.8 Å². The molecule has 9 nitrogen and oxygen atoms in total. The molecular formula is C27H23N5O4S. The fourth-order valence-electron chi connectivity index (χ4n) is 3.69. The molecule has 4 aromatic rings. The largest absolute Gasteiger partial charge is 0.496 e. The molecule has 0 aliphatic rings. The first-order chi connectivity index (χ1) is 18.0. The molecule has 0 aliphatic carbocycles. The number of nitrogens with two attached hydrogens (primary N) is 1. The van der Waals surface area contributed by atoms with Crippen LogP contribution in [0.3, 0.4) is 0 Å². The number of rotatable bonds is 9. The molecule has 37 heavy (non-hydrogen) atoms. The van der Waals surface area contributed by atoms with Gasteiger partial charge in [0.1, 0.15) is 40.8 Å². The van der Waals surface area contributed by atoms with Crippen LogP contribution in [0.25, 0.3) is 27.4 Å². The Morgan fingerprint density at radius 1 is 1.19 bits per heavy atom. The average Bonchev–Trinajstić information content (AvgIpc) is 3.30. The average molecular weight is 514 g/mol. The highest BCUT2D eigenvalue weighted by Gasteiger charge is 2.22. The third-order valence-electron chi connectivity index (χ3n) is 5.47. The van der Waals surface area contributed by atoms with E-state index in [0.29, 0.717) is 50.7 Å². The lowest BCUT2D eigenvalue weighted by molar-refractivity contribution is 0.201. The second-order valence-corrected chi connectivity index (χ2v) is 8.70. The maximum Gasteiger partial charge on any atom is 0.236 e. The van der Waals surface area contributed by atoms with E-state index in [-0.39, 0.29) is 30.3 Å². The molecule has 0 saturated carbocycles. The van der Waals surface area contributed by atoms with Crippen LogP contribution in [0.15, 0.2) is 58.0 Å². The van der Waals surface area contributed by atoms with Crippen molar-refractivity contribution < 1.29 is 19.0 Å². The molecule has 2 aromatic carbocycles. The fourth-order valence-corrected chi connectivity index (χ4v) is 4.69. The number of thioether (sulfide) groups is 1. The molecule has 10 heteroatoms. The summed E-state index contributed by atoms with van der Waals surface area (Å²) in [6.07, 6.45) is 0. The van der Waals surface area contributed by atoms with Gasteiger partial charge >= 0.3 is 0 Å². The Morgan fingerprint density at radius 2 is 1.95 bits per heavy atom. The summed E-state index contributed by atoms with van der Waals surface area (Å²) in [5, 5.41) is 19.4. The lowest BCUT2D eigenvalue weighted by Crippen LogP contribution is -2.02. The maximum absolute atomic E-state index is 10.1. The van der Waals surface area contributed by atoms with Crippen molar-refractivity contribution in [3.05, 3.63) is 77.0 Å². The number of nitrogen functional groups attached to an aromatic ring is 1. The number of hydrogen-bond acceptors (Lipinski definition) is 9. The Labute approximate surface area is 218 Å². The summed E-state index contributed by atoms with van der Waals surface area (Å²) in [6.45, 7) is 9.52. The van der Waals surface area contributed by atoms with Crippen LogP contribution in [-0.4, -0.2) is 35.4 Å². The van der Waals surface area contributed by atoms with Gasteiger partial charge in [0.25, 0.3) is 0 Å². The number of pyridine rings is 1. The second-order valence-electron chi connectivity index (χ2n) is 7.73. The zero-order valence-corrected chi connectivity index (χ0v) is 21.0.